The van der Waals surface area contributed by atoms with Crippen molar-refractivity contribution in [3.63, 3.8) is 0 Å². The molecule has 0 saturated carbocycles. The van der Waals surface area contributed by atoms with Gasteiger partial charge in [0.15, 0.2) is 0 Å². The van der Waals surface area contributed by atoms with Crippen molar-refractivity contribution in [2.24, 2.45) is 11.8 Å². The standard InChI is InChI=1S/C17H21NO2/c1-11(2)12(3)10-18-17(20)15-9-8-13-6-4-5-7-14(13)16(15)19/h4-9,11-12,19H,10H2,1-3H3,(H,18,20). The van der Waals surface area contributed by atoms with Crippen LogP contribution in [0.2, 0.25) is 0 Å². The summed E-state index contributed by atoms with van der Waals surface area (Å²) in [6.45, 7) is 6.97. The summed E-state index contributed by atoms with van der Waals surface area (Å²) in [7, 11) is 0. The first-order valence-corrected chi connectivity index (χ1v) is 6.99. The van der Waals surface area contributed by atoms with E-state index < -0.39 is 0 Å². The van der Waals surface area contributed by atoms with Gasteiger partial charge in [-0.15, -0.1) is 0 Å². The van der Waals surface area contributed by atoms with Crippen molar-refractivity contribution in [1.82, 2.24) is 5.32 Å². The first kappa shape index (κ1) is 14.4. The quantitative estimate of drug-likeness (QED) is 0.893. The number of phenolic OH excluding ortho intramolecular Hbond substituents is 1. The van der Waals surface area contributed by atoms with Gasteiger partial charge in [0.1, 0.15) is 5.75 Å². The second kappa shape index (κ2) is 5.95. The third-order valence-corrected chi connectivity index (χ3v) is 3.87. The summed E-state index contributed by atoms with van der Waals surface area (Å²) in [6.07, 6.45) is 0. The number of nitrogens with one attached hydrogen (secondary N) is 1. The maximum atomic E-state index is 12.2. The molecule has 0 spiro atoms. The Bertz CT molecular complexity index is 619. The first-order chi connectivity index (χ1) is 9.50. The Hall–Kier alpha value is -2.03. The SMILES string of the molecule is CC(C)C(C)CNC(=O)c1ccc2ccccc2c1O. The van der Waals surface area contributed by atoms with E-state index in [0.29, 0.717) is 29.3 Å². The monoisotopic (exact) mass is 271 g/mol. The number of phenols is 1. The first-order valence-electron chi connectivity index (χ1n) is 6.99. The van der Waals surface area contributed by atoms with Crippen LogP contribution in [0.1, 0.15) is 31.1 Å². The molecule has 2 rings (SSSR count). The summed E-state index contributed by atoms with van der Waals surface area (Å²) in [5.74, 6) is 0.751. The highest BCUT2D eigenvalue weighted by Crippen LogP contribution is 2.28. The lowest BCUT2D eigenvalue weighted by atomic mass is 9.98. The number of fused-ring (bicyclic) bond motifs is 1. The van der Waals surface area contributed by atoms with Crippen LogP contribution in [0.4, 0.5) is 0 Å². The van der Waals surface area contributed by atoms with Crippen molar-refractivity contribution in [2.45, 2.75) is 20.8 Å². The van der Waals surface area contributed by atoms with Crippen LogP contribution >= 0.6 is 0 Å². The van der Waals surface area contributed by atoms with Crippen molar-refractivity contribution in [3.8, 4) is 5.75 Å². The molecule has 2 aromatic carbocycles. The Morgan fingerprint density at radius 1 is 1.15 bits per heavy atom. The summed E-state index contributed by atoms with van der Waals surface area (Å²) in [5.41, 5.74) is 0.333. The fraction of sp³-hybridized carbons (Fsp3) is 0.353. The van der Waals surface area contributed by atoms with E-state index in [1.807, 2.05) is 30.3 Å². The van der Waals surface area contributed by atoms with Crippen LogP contribution in [0.25, 0.3) is 10.8 Å². The number of hydrogen-bond donors (Lipinski definition) is 2. The fourth-order valence-electron chi connectivity index (χ4n) is 2.02. The number of carbonyl (C=O) groups is 1. The zero-order valence-corrected chi connectivity index (χ0v) is 12.2. The van der Waals surface area contributed by atoms with Crippen LogP contribution in [-0.4, -0.2) is 17.6 Å². The third kappa shape index (κ3) is 2.93. The molecule has 0 bridgehead atoms. The molecule has 20 heavy (non-hydrogen) atoms. The maximum Gasteiger partial charge on any atom is 0.255 e. The minimum Gasteiger partial charge on any atom is -0.506 e. The number of carbonyl (C=O) groups excluding carboxylic acids is 1. The van der Waals surface area contributed by atoms with E-state index in [-0.39, 0.29) is 11.7 Å². The summed E-state index contributed by atoms with van der Waals surface area (Å²) in [6, 6.07) is 11.0. The third-order valence-electron chi connectivity index (χ3n) is 3.87. The molecule has 3 nitrogen and oxygen atoms in total. The van der Waals surface area contributed by atoms with Gasteiger partial charge in [-0.2, -0.15) is 0 Å². The molecule has 2 aromatic rings. The number of rotatable bonds is 4. The molecule has 0 heterocycles. The predicted molar refractivity (Wildman–Crippen MR) is 81.9 cm³/mol. The van der Waals surface area contributed by atoms with Gasteiger partial charge < -0.3 is 10.4 Å². The van der Waals surface area contributed by atoms with Crippen LogP contribution < -0.4 is 5.32 Å². The number of amides is 1. The van der Waals surface area contributed by atoms with Crippen molar-refractivity contribution in [3.05, 3.63) is 42.0 Å². The molecule has 1 amide bonds. The van der Waals surface area contributed by atoms with Crippen molar-refractivity contribution in [1.29, 1.82) is 0 Å². The molecule has 2 N–H and O–H groups in total. The highest BCUT2D eigenvalue weighted by molar-refractivity contribution is 6.03. The molecule has 0 aliphatic carbocycles. The van der Waals surface area contributed by atoms with E-state index in [4.69, 9.17) is 0 Å². The van der Waals surface area contributed by atoms with Gasteiger partial charge in [0, 0.05) is 11.9 Å². The lowest BCUT2D eigenvalue weighted by Gasteiger charge is -2.16. The molecule has 0 aliphatic heterocycles. The Labute approximate surface area is 119 Å². The molecule has 0 fully saturated rings. The lowest BCUT2D eigenvalue weighted by Crippen LogP contribution is -2.30. The average molecular weight is 271 g/mol. The van der Waals surface area contributed by atoms with Crippen LogP contribution in [0.5, 0.6) is 5.75 Å². The van der Waals surface area contributed by atoms with Gasteiger partial charge in [0.2, 0.25) is 0 Å². The summed E-state index contributed by atoms with van der Waals surface area (Å²) < 4.78 is 0. The summed E-state index contributed by atoms with van der Waals surface area (Å²) in [4.78, 5) is 12.2. The van der Waals surface area contributed by atoms with Crippen LogP contribution in [0.15, 0.2) is 36.4 Å². The van der Waals surface area contributed by atoms with E-state index >= 15 is 0 Å². The molecule has 0 aromatic heterocycles. The fourth-order valence-corrected chi connectivity index (χ4v) is 2.02. The van der Waals surface area contributed by atoms with Crippen molar-refractivity contribution < 1.29 is 9.90 Å². The molecule has 106 valence electrons. The Morgan fingerprint density at radius 2 is 1.85 bits per heavy atom. The van der Waals surface area contributed by atoms with Crippen LogP contribution in [0.3, 0.4) is 0 Å². The van der Waals surface area contributed by atoms with Crippen LogP contribution in [-0.2, 0) is 0 Å². The van der Waals surface area contributed by atoms with Crippen LogP contribution in [0, 0.1) is 11.8 Å². The lowest BCUT2D eigenvalue weighted by molar-refractivity contribution is 0.0942. The van der Waals surface area contributed by atoms with E-state index in [1.165, 1.54) is 0 Å². The molecule has 3 heteroatoms. The Balaban J connectivity index is 2.20. The summed E-state index contributed by atoms with van der Waals surface area (Å²) >= 11 is 0. The smallest absolute Gasteiger partial charge is 0.255 e. The molecule has 0 saturated heterocycles. The van der Waals surface area contributed by atoms with Gasteiger partial charge in [-0.1, -0.05) is 51.1 Å². The highest BCUT2D eigenvalue weighted by Gasteiger charge is 2.15. The molecule has 0 aliphatic rings. The van der Waals surface area contributed by atoms with Crippen molar-refractivity contribution >= 4 is 16.7 Å². The maximum absolute atomic E-state index is 12.2. The second-order valence-corrected chi connectivity index (χ2v) is 5.61. The van der Waals surface area contributed by atoms with E-state index in [1.54, 1.807) is 6.07 Å². The van der Waals surface area contributed by atoms with Gasteiger partial charge in [0.05, 0.1) is 5.56 Å². The van der Waals surface area contributed by atoms with Gasteiger partial charge in [-0.25, -0.2) is 0 Å². The van der Waals surface area contributed by atoms with Gasteiger partial charge >= 0.3 is 0 Å². The van der Waals surface area contributed by atoms with Gasteiger partial charge in [-0.05, 0) is 23.3 Å². The van der Waals surface area contributed by atoms with E-state index in [9.17, 15) is 9.90 Å². The zero-order valence-electron chi connectivity index (χ0n) is 12.2. The minimum absolute atomic E-state index is 0.0535. The molecular formula is C17H21NO2. The molecule has 1 atom stereocenters. The molecule has 1 unspecified atom stereocenters. The average Bonchev–Trinajstić information content (AvgIpc) is 2.45. The second-order valence-electron chi connectivity index (χ2n) is 5.61. The topological polar surface area (TPSA) is 49.3 Å². The molecule has 0 radical (unpaired) electrons. The molecular weight excluding hydrogens is 250 g/mol. The Morgan fingerprint density at radius 3 is 2.55 bits per heavy atom. The van der Waals surface area contributed by atoms with Gasteiger partial charge in [-0.3, -0.25) is 4.79 Å². The van der Waals surface area contributed by atoms with Gasteiger partial charge in [0.25, 0.3) is 5.91 Å². The van der Waals surface area contributed by atoms with Crippen molar-refractivity contribution in [2.75, 3.05) is 6.54 Å². The van der Waals surface area contributed by atoms with E-state index in [0.717, 1.165) is 5.39 Å². The normalized spacial score (nSPS) is 12.6. The Kier molecular flexibility index (Phi) is 4.28. The number of aromatic hydroxyl groups is 1. The largest absolute Gasteiger partial charge is 0.506 e. The number of benzene rings is 2. The minimum atomic E-state index is -0.222. The highest BCUT2D eigenvalue weighted by atomic mass is 16.3. The predicted octanol–water partition coefficient (Wildman–Crippen LogP) is 3.57. The summed E-state index contributed by atoms with van der Waals surface area (Å²) in [5, 5.41) is 14.8. The number of hydrogen-bond acceptors (Lipinski definition) is 2. The zero-order chi connectivity index (χ0) is 14.7. The van der Waals surface area contributed by atoms with E-state index in [2.05, 4.69) is 26.1 Å².